The summed E-state index contributed by atoms with van der Waals surface area (Å²) in [5.74, 6) is 1.18. The number of hydrogen-bond acceptors (Lipinski definition) is 4. The van der Waals surface area contributed by atoms with E-state index in [1.165, 1.54) is 0 Å². The molecular formula is C15H25N3OS. The Balaban J connectivity index is 2.25. The van der Waals surface area contributed by atoms with Crippen molar-refractivity contribution in [2.75, 3.05) is 36.7 Å². The van der Waals surface area contributed by atoms with Crippen molar-refractivity contribution in [3.05, 3.63) is 24.3 Å². The highest BCUT2D eigenvalue weighted by atomic mass is 32.2. The molecule has 3 N–H and O–H groups in total. The molecule has 112 valence electrons. The standard InChI is InChI=1S/C15H25N3OS/c1-12(11-20-3)18(2)10-4-5-15(19)17-14-8-6-13(16)7-9-14/h6-9,12H,4-5,10-11,16H2,1-3H3,(H,17,19). The van der Waals surface area contributed by atoms with Crippen molar-refractivity contribution in [3.8, 4) is 0 Å². The molecule has 1 unspecified atom stereocenters. The van der Waals surface area contributed by atoms with Crippen LogP contribution in [0.2, 0.25) is 0 Å². The summed E-state index contributed by atoms with van der Waals surface area (Å²) in [7, 11) is 2.11. The van der Waals surface area contributed by atoms with Crippen LogP contribution in [0, 0.1) is 0 Å². The van der Waals surface area contributed by atoms with E-state index in [0.29, 0.717) is 18.2 Å². The zero-order valence-corrected chi connectivity index (χ0v) is 13.4. The highest BCUT2D eigenvalue weighted by Gasteiger charge is 2.09. The van der Waals surface area contributed by atoms with Gasteiger partial charge in [-0.25, -0.2) is 0 Å². The molecule has 0 fully saturated rings. The highest BCUT2D eigenvalue weighted by molar-refractivity contribution is 7.98. The molecule has 0 saturated heterocycles. The van der Waals surface area contributed by atoms with Crippen LogP contribution in [0.1, 0.15) is 19.8 Å². The number of anilines is 2. The summed E-state index contributed by atoms with van der Waals surface area (Å²) in [6, 6.07) is 7.76. The van der Waals surface area contributed by atoms with Crippen LogP contribution in [0.25, 0.3) is 0 Å². The molecule has 5 heteroatoms. The maximum Gasteiger partial charge on any atom is 0.224 e. The van der Waals surface area contributed by atoms with Gasteiger partial charge in [-0.05, 0) is 57.5 Å². The lowest BCUT2D eigenvalue weighted by atomic mass is 10.2. The van der Waals surface area contributed by atoms with Gasteiger partial charge in [-0.3, -0.25) is 4.79 Å². The number of nitrogens with two attached hydrogens (primary N) is 1. The number of nitrogens with one attached hydrogen (secondary N) is 1. The van der Waals surface area contributed by atoms with Gasteiger partial charge in [0.05, 0.1) is 0 Å². The first-order valence-corrected chi connectivity index (χ1v) is 8.27. The fraction of sp³-hybridized carbons (Fsp3) is 0.533. The summed E-state index contributed by atoms with van der Waals surface area (Å²) in [4.78, 5) is 14.1. The lowest BCUT2D eigenvalue weighted by molar-refractivity contribution is -0.116. The number of carbonyl (C=O) groups excluding carboxylic acids is 1. The van der Waals surface area contributed by atoms with E-state index in [2.05, 4.69) is 30.4 Å². The zero-order chi connectivity index (χ0) is 15.0. The Labute approximate surface area is 126 Å². The molecule has 1 aromatic carbocycles. The third-order valence-electron chi connectivity index (χ3n) is 3.27. The average Bonchev–Trinajstić information content (AvgIpc) is 2.41. The minimum Gasteiger partial charge on any atom is -0.399 e. The van der Waals surface area contributed by atoms with Gasteiger partial charge in [-0.2, -0.15) is 11.8 Å². The first-order chi connectivity index (χ1) is 9.52. The Hall–Kier alpha value is -1.20. The quantitative estimate of drug-likeness (QED) is 0.724. The number of rotatable bonds is 8. The third-order valence-corrected chi connectivity index (χ3v) is 4.09. The number of nitrogen functional groups attached to an aromatic ring is 1. The number of benzene rings is 1. The zero-order valence-electron chi connectivity index (χ0n) is 12.6. The SMILES string of the molecule is CSCC(C)N(C)CCCC(=O)Nc1ccc(N)cc1. The number of nitrogens with zero attached hydrogens (tertiary/aromatic N) is 1. The lowest BCUT2D eigenvalue weighted by Gasteiger charge is -2.23. The second kappa shape index (κ2) is 8.87. The number of hydrogen-bond donors (Lipinski definition) is 2. The Morgan fingerprint density at radius 3 is 2.65 bits per heavy atom. The summed E-state index contributed by atoms with van der Waals surface area (Å²) < 4.78 is 0. The van der Waals surface area contributed by atoms with Crippen molar-refractivity contribution >= 4 is 29.0 Å². The van der Waals surface area contributed by atoms with Crippen molar-refractivity contribution in [1.29, 1.82) is 0 Å². The van der Waals surface area contributed by atoms with Crippen molar-refractivity contribution in [2.45, 2.75) is 25.8 Å². The van der Waals surface area contributed by atoms with Gasteiger partial charge < -0.3 is 16.0 Å². The topological polar surface area (TPSA) is 58.4 Å². The Bertz CT molecular complexity index is 408. The first kappa shape index (κ1) is 16.9. The van der Waals surface area contributed by atoms with Crippen molar-refractivity contribution < 1.29 is 4.79 Å². The van der Waals surface area contributed by atoms with E-state index in [1.807, 2.05) is 23.9 Å². The molecule has 20 heavy (non-hydrogen) atoms. The van der Waals surface area contributed by atoms with Gasteiger partial charge in [-0.15, -0.1) is 0 Å². The van der Waals surface area contributed by atoms with Crippen molar-refractivity contribution in [3.63, 3.8) is 0 Å². The molecule has 0 aliphatic rings. The maximum absolute atomic E-state index is 11.8. The molecule has 0 aliphatic carbocycles. The van der Waals surface area contributed by atoms with Crippen LogP contribution in [0.15, 0.2) is 24.3 Å². The van der Waals surface area contributed by atoms with Crippen LogP contribution in [-0.4, -0.2) is 42.4 Å². The molecule has 0 bridgehead atoms. The Kier molecular flexibility index (Phi) is 7.47. The van der Waals surface area contributed by atoms with E-state index in [1.54, 1.807) is 12.1 Å². The van der Waals surface area contributed by atoms with Gasteiger partial charge in [0.2, 0.25) is 5.91 Å². The number of amides is 1. The molecule has 0 aliphatic heterocycles. The summed E-state index contributed by atoms with van der Waals surface area (Å²) in [5, 5.41) is 2.88. The van der Waals surface area contributed by atoms with E-state index < -0.39 is 0 Å². The summed E-state index contributed by atoms with van der Waals surface area (Å²) in [6.45, 7) is 3.15. The molecular weight excluding hydrogens is 270 g/mol. The molecule has 1 amide bonds. The van der Waals surface area contributed by atoms with Crippen LogP contribution in [0.4, 0.5) is 11.4 Å². The Morgan fingerprint density at radius 2 is 2.05 bits per heavy atom. The summed E-state index contributed by atoms with van der Waals surface area (Å²) in [6.07, 6.45) is 3.53. The molecule has 1 rings (SSSR count). The van der Waals surface area contributed by atoms with E-state index >= 15 is 0 Å². The molecule has 0 heterocycles. The minimum absolute atomic E-state index is 0.0562. The summed E-state index contributed by atoms with van der Waals surface area (Å²) in [5.41, 5.74) is 7.10. The van der Waals surface area contributed by atoms with E-state index in [9.17, 15) is 4.79 Å². The normalized spacial score (nSPS) is 12.4. The maximum atomic E-state index is 11.8. The average molecular weight is 295 g/mol. The number of carbonyl (C=O) groups is 1. The van der Waals surface area contributed by atoms with Crippen molar-refractivity contribution in [1.82, 2.24) is 4.90 Å². The van der Waals surface area contributed by atoms with Crippen LogP contribution in [0.5, 0.6) is 0 Å². The van der Waals surface area contributed by atoms with E-state index in [-0.39, 0.29) is 5.91 Å². The molecule has 1 aromatic rings. The van der Waals surface area contributed by atoms with Crippen LogP contribution in [0.3, 0.4) is 0 Å². The first-order valence-electron chi connectivity index (χ1n) is 6.87. The molecule has 0 radical (unpaired) electrons. The monoisotopic (exact) mass is 295 g/mol. The second-order valence-corrected chi connectivity index (χ2v) is 5.97. The number of thioether (sulfide) groups is 1. The van der Waals surface area contributed by atoms with Gasteiger partial charge >= 0.3 is 0 Å². The van der Waals surface area contributed by atoms with Gasteiger partial charge in [0.15, 0.2) is 0 Å². The van der Waals surface area contributed by atoms with Gasteiger partial charge in [-0.1, -0.05) is 0 Å². The van der Waals surface area contributed by atoms with Gasteiger partial charge in [0.1, 0.15) is 0 Å². The predicted molar refractivity (Wildman–Crippen MR) is 89.2 cm³/mol. The van der Waals surface area contributed by atoms with Crippen LogP contribution < -0.4 is 11.1 Å². The second-order valence-electron chi connectivity index (χ2n) is 5.06. The van der Waals surface area contributed by atoms with E-state index in [0.717, 1.165) is 24.4 Å². The van der Waals surface area contributed by atoms with Gasteiger partial charge in [0.25, 0.3) is 0 Å². The lowest BCUT2D eigenvalue weighted by Crippen LogP contribution is -2.32. The smallest absolute Gasteiger partial charge is 0.224 e. The van der Waals surface area contributed by atoms with Crippen LogP contribution >= 0.6 is 11.8 Å². The molecule has 4 nitrogen and oxygen atoms in total. The van der Waals surface area contributed by atoms with Crippen LogP contribution in [-0.2, 0) is 4.79 Å². The summed E-state index contributed by atoms with van der Waals surface area (Å²) >= 11 is 1.85. The molecule has 1 atom stereocenters. The van der Waals surface area contributed by atoms with E-state index in [4.69, 9.17) is 5.73 Å². The predicted octanol–water partition coefficient (Wildman–Crippen LogP) is 2.67. The molecule has 0 saturated carbocycles. The largest absolute Gasteiger partial charge is 0.399 e. The molecule has 0 spiro atoms. The fourth-order valence-corrected chi connectivity index (χ4v) is 2.60. The Morgan fingerprint density at radius 1 is 1.40 bits per heavy atom. The highest BCUT2D eigenvalue weighted by Crippen LogP contribution is 2.11. The third kappa shape index (κ3) is 6.30. The van der Waals surface area contributed by atoms with Crippen molar-refractivity contribution in [2.24, 2.45) is 0 Å². The minimum atomic E-state index is 0.0562. The molecule has 0 aromatic heterocycles. The fourth-order valence-electron chi connectivity index (χ4n) is 1.87. The van der Waals surface area contributed by atoms with Gasteiger partial charge in [0, 0.05) is 29.6 Å².